The number of aliphatic hydroxyl groups excluding tert-OH is 2. The third-order valence-corrected chi connectivity index (χ3v) is 2.83. The van der Waals surface area contributed by atoms with Gasteiger partial charge in [0, 0.05) is 25.0 Å². The highest BCUT2D eigenvalue weighted by Crippen LogP contribution is 2.25. The second-order valence-corrected chi connectivity index (χ2v) is 4.07. The number of carbonyl (C=O) groups is 1. The van der Waals surface area contributed by atoms with Crippen molar-refractivity contribution >= 4 is 5.91 Å². The van der Waals surface area contributed by atoms with E-state index in [1.807, 2.05) is 0 Å². The van der Waals surface area contributed by atoms with Crippen LogP contribution in [0.25, 0.3) is 0 Å². The van der Waals surface area contributed by atoms with Gasteiger partial charge < -0.3 is 15.5 Å². The third-order valence-electron chi connectivity index (χ3n) is 2.83. The number of aliphatic hydroxyl groups is 2. The van der Waals surface area contributed by atoms with Crippen LogP contribution in [0, 0.1) is 5.92 Å². The minimum Gasteiger partial charge on any atom is -0.396 e. The standard InChI is InChI=1S/C11H19NO3/c1-2-3-4-11(15)12-9-5-8(7-13)10(14)6-9/h2,8-10,13-14H,1,3-7H2,(H,12,15). The van der Waals surface area contributed by atoms with Crippen molar-refractivity contribution in [1.82, 2.24) is 5.32 Å². The second-order valence-electron chi connectivity index (χ2n) is 4.07. The van der Waals surface area contributed by atoms with Gasteiger partial charge >= 0.3 is 0 Å². The average molecular weight is 213 g/mol. The summed E-state index contributed by atoms with van der Waals surface area (Å²) in [7, 11) is 0. The van der Waals surface area contributed by atoms with Crippen LogP contribution in [-0.4, -0.2) is 34.9 Å². The van der Waals surface area contributed by atoms with E-state index < -0.39 is 6.10 Å². The van der Waals surface area contributed by atoms with E-state index >= 15 is 0 Å². The monoisotopic (exact) mass is 213 g/mol. The Morgan fingerprint density at radius 1 is 1.53 bits per heavy atom. The normalized spacial score (nSPS) is 30.1. The zero-order valence-electron chi connectivity index (χ0n) is 8.85. The molecule has 0 aliphatic heterocycles. The van der Waals surface area contributed by atoms with Gasteiger partial charge in [-0.15, -0.1) is 6.58 Å². The summed E-state index contributed by atoms with van der Waals surface area (Å²) in [5, 5.41) is 21.3. The lowest BCUT2D eigenvalue weighted by Gasteiger charge is -2.11. The molecule has 1 aliphatic carbocycles. The molecule has 4 nitrogen and oxygen atoms in total. The molecule has 3 unspecified atom stereocenters. The minimum absolute atomic E-state index is 0.00862. The first-order valence-corrected chi connectivity index (χ1v) is 5.36. The maximum absolute atomic E-state index is 11.4. The summed E-state index contributed by atoms with van der Waals surface area (Å²) in [6.45, 7) is 3.54. The number of carbonyl (C=O) groups excluding carboxylic acids is 1. The zero-order valence-corrected chi connectivity index (χ0v) is 8.85. The van der Waals surface area contributed by atoms with Crippen LogP contribution in [0.5, 0.6) is 0 Å². The molecule has 3 N–H and O–H groups in total. The Kier molecular flexibility index (Phi) is 4.78. The molecule has 1 aliphatic rings. The third kappa shape index (κ3) is 3.64. The van der Waals surface area contributed by atoms with Crippen molar-refractivity contribution in [2.45, 2.75) is 37.8 Å². The molecule has 1 fully saturated rings. The largest absolute Gasteiger partial charge is 0.396 e. The molecule has 1 rings (SSSR count). The Morgan fingerprint density at radius 3 is 2.80 bits per heavy atom. The minimum atomic E-state index is -0.486. The molecular weight excluding hydrogens is 194 g/mol. The van der Waals surface area contributed by atoms with Crippen molar-refractivity contribution in [3.8, 4) is 0 Å². The predicted octanol–water partition coefficient (Wildman–Crippen LogP) is 0.201. The summed E-state index contributed by atoms with van der Waals surface area (Å²) < 4.78 is 0. The van der Waals surface area contributed by atoms with Crippen molar-refractivity contribution in [3.05, 3.63) is 12.7 Å². The van der Waals surface area contributed by atoms with Gasteiger partial charge in [-0.3, -0.25) is 4.79 Å². The molecule has 0 spiro atoms. The van der Waals surface area contributed by atoms with Gasteiger partial charge in [0.25, 0.3) is 0 Å². The first-order chi connectivity index (χ1) is 7.17. The Labute approximate surface area is 90.0 Å². The zero-order chi connectivity index (χ0) is 11.3. The second kappa shape index (κ2) is 5.88. The smallest absolute Gasteiger partial charge is 0.220 e. The van der Waals surface area contributed by atoms with Crippen LogP contribution < -0.4 is 5.32 Å². The van der Waals surface area contributed by atoms with Gasteiger partial charge in [-0.25, -0.2) is 0 Å². The Morgan fingerprint density at radius 2 is 2.27 bits per heavy atom. The van der Waals surface area contributed by atoms with Crippen LogP contribution in [0.15, 0.2) is 12.7 Å². The number of rotatable bonds is 5. The summed E-state index contributed by atoms with van der Waals surface area (Å²) in [4.78, 5) is 11.4. The Hall–Kier alpha value is -0.870. The van der Waals surface area contributed by atoms with E-state index in [1.54, 1.807) is 6.08 Å². The number of allylic oxidation sites excluding steroid dienone is 1. The molecule has 3 atom stereocenters. The number of nitrogens with one attached hydrogen (secondary N) is 1. The molecule has 0 aromatic rings. The molecule has 1 saturated carbocycles. The lowest BCUT2D eigenvalue weighted by atomic mass is 10.1. The average Bonchev–Trinajstić information content (AvgIpc) is 2.55. The van der Waals surface area contributed by atoms with Gasteiger partial charge in [-0.05, 0) is 19.3 Å². The lowest BCUT2D eigenvalue weighted by molar-refractivity contribution is -0.121. The molecule has 0 aromatic carbocycles. The predicted molar refractivity (Wildman–Crippen MR) is 57.2 cm³/mol. The molecule has 0 bridgehead atoms. The Bertz CT molecular complexity index is 230. The summed E-state index contributed by atoms with van der Waals surface area (Å²) in [5.74, 6) is -0.0969. The molecule has 0 radical (unpaired) electrons. The van der Waals surface area contributed by atoms with Gasteiger partial charge in [0.2, 0.25) is 5.91 Å². The first kappa shape index (κ1) is 12.2. The van der Waals surface area contributed by atoms with E-state index in [9.17, 15) is 9.90 Å². The van der Waals surface area contributed by atoms with Crippen molar-refractivity contribution in [2.24, 2.45) is 5.92 Å². The van der Waals surface area contributed by atoms with Crippen molar-refractivity contribution in [2.75, 3.05) is 6.61 Å². The summed E-state index contributed by atoms with van der Waals surface area (Å²) in [5.41, 5.74) is 0. The number of hydrogen-bond acceptors (Lipinski definition) is 3. The van der Waals surface area contributed by atoms with E-state index in [4.69, 9.17) is 5.11 Å². The van der Waals surface area contributed by atoms with Gasteiger partial charge in [-0.1, -0.05) is 6.08 Å². The van der Waals surface area contributed by atoms with E-state index in [0.29, 0.717) is 25.7 Å². The lowest BCUT2D eigenvalue weighted by Crippen LogP contribution is -2.33. The van der Waals surface area contributed by atoms with Crippen molar-refractivity contribution in [1.29, 1.82) is 0 Å². The molecular formula is C11H19NO3. The highest BCUT2D eigenvalue weighted by atomic mass is 16.3. The van der Waals surface area contributed by atoms with Gasteiger partial charge in [-0.2, -0.15) is 0 Å². The molecule has 1 amide bonds. The molecule has 0 saturated heterocycles. The summed E-state index contributed by atoms with van der Waals surface area (Å²) in [6.07, 6.45) is 3.55. The maximum Gasteiger partial charge on any atom is 0.220 e. The van der Waals surface area contributed by atoms with Crippen molar-refractivity contribution in [3.63, 3.8) is 0 Å². The van der Waals surface area contributed by atoms with Crippen LogP contribution in [0.2, 0.25) is 0 Å². The maximum atomic E-state index is 11.4. The number of hydrogen-bond donors (Lipinski definition) is 3. The van der Waals surface area contributed by atoms with Crippen LogP contribution in [0.4, 0.5) is 0 Å². The topological polar surface area (TPSA) is 69.6 Å². The van der Waals surface area contributed by atoms with Crippen LogP contribution in [-0.2, 0) is 4.79 Å². The quantitative estimate of drug-likeness (QED) is 0.571. The van der Waals surface area contributed by atoms with E-state index in [-0.39, 0.29) is 24.5 Å². The van der Waals surface area contributed by atoms with Gasteiger partial charge in [0.05, 0.1) is 6.10 Å². The Balaban J connectivity index is 2.28. The van der Waals surface area contributed by atoms with E-state index in [1.165, 1.54) is 0 Å². The fourth-order valence-electron chi connectivity index (χ4n) is 1.95. The fraction of sp³-hybridized carbons (Fsp3) is 0.727. The summed E-state index contributed by atoms with van der Waals surface area (Å²) >= 11 is 0. The first-order valence-electron chi connectivity index (χ1n) is 5.36. The van der Waals surface area contributed by atoms with Gasteiger partial charge in [0.1, 0.15) is 0 Å². The fourth-order valence-corrected chi connectivity index (χ4v) is 1.95. The van der Waals surface area contributed by atoms with Crippen molar-refractivity contribution < 1.29 is 15.0 Å². The van der Waals surface area contributed by atoms with E-state index in [2.05, 4.69) is 11.9 Å². The molecule has 0 aromatic heterocycles. The van der Waals surface area contributed by atoms with Crippen LogP contribution in [0.3, 0.4) is 0 Å². The molecule has 4 heteroatoms. The molecule has 0 heterocycles. The van der Waals surface area contributed by atoms with Crippen LogP contribution in [0.1, 0.15) is 25.7 Å². The molecule has 15 heavy (non-hydrogen) atoms. The highest BCUT2D eigenvalue weighted by Gasteiger charge is 2.32. The van der Waals surface area contributed by atoms with Gasteiger partial charge in [0.15, 0.2) is 0 Å². The molecule has 86 valence electrons. The van der Waals surface area contributed by atoms with E-state index in [0.717, 1.165) is 0 Å². The highest BCUT2D eigenvalue weighted by molar-refractivity contribution is 5.76. The SMILES string of the molecule is C=CCCC(=O)NC1CC(O)C(CO)C1. The number of amides is 1. The summed E-state index contributed by atoms with van der Waals surface area (Å²) in [6, 6.07) is 0.00876. The van der Waals surface area contributed by atoms with Crippen LogP contribution >= 0.6 is 0 Å².